The van der Waals surface area contributed by atoms with Gasteiger partial charge in [-0.05, 0) is 38.5 Å². The molecule has 1 heterocycles. The van der Waals surface area contributed by atoms with Crippen molar-refractivity contribution < 1.29 is 23.9 Å². The van der Waals surface area contributed by atoms with E-state index in [4.69, 9.17) is 9.47 Å². The van der Waals surface area contributed by atoms with E-state index >= 15 is 0 Å². The van der Waals surface area contributed by atoms with E-state index in [9.17, 15) is 14.4 Å². The van der Waals surface area contributed by atoms with Crippen molar-refractivity contribution in [1.82, 2.24) is 4.98 Å². The predicted octanol–water partition coefficient (Wildman–Crippen LogP) is 2.85. The van der Waals surface area contributed by atoms with E-state index in [0.717, 1.165) is 0 Å². The largest absolute Gasteiger partial charge is 0.462 e. The number of nitrogens with one attached hydrogen (secondary N) is 1. The third-order valence-corrected chi connectivity index (χ3v) is 3.54. The molecule has 0 fully saturated rings. The lowest BCUT2D eigenvalue weighted by molar-refractivity contribution is 0.0472. The van der Waals surface area contributed by atoms with Crippen LogP contribution in [0.1, 0.15) is 49.4 Å². The Morgan fingerprint density at radius 2 is 1.67 bits per heavy atom. The van der Waals surface area contributed by atoms with Gasteiger partial charge in [0, 0.05) is 5.69 Å². The molecule has 6 heteroatoms. The number of hydrogen-bond donors (Lipinski definition) is 1. The summed E-state index contributed by atoms with van der Waals surface area (Å²) in [7, 11) is 0. The van der Waals surface area contributed by atoms with Crippen LogP contribution in [0.2, 0.25) is 0 Å². The zero-order valence-electron chi connectivity index (χ0n) is 13.8. The first-order valence-corrected chi connectivity index (χ1v) is 7.57. The molecule has 0 saturated carbocycles. The van der Waals surface area contributed by atoms with Crippen LogP contribution in [0, 0.1) is 13.8 Å². The molecular formula is C18H19NO5. The van der Waals surface area contributed by atoms with Crippen molar-refractivity contribution in [3.8, 4) is 0 Å². The lowest BCUT2D eigenvalue weighted by Crippen LogP contribution is -2.15. The smallest absolute Gasteiger partial charge is 0.340 e. The van der Waals surface area contributed by atoms with Gasteiger partial charge in [0.05, 0.1) is 23.4 Å². The van der Waals surface area contributed by atoms with Gasteiger partial charge in [-0.1, -0.05) is 18.2 Å². The highest BCUT2D eigenvalue weighted by Gasteiger charge is 2.23. The number of aryl methyl sites for hydroxylation is 1. The average molecular weight is 329 g/mol. The van der Waals surface area contributed by atoms with Crippen LogP contribution in [0.5, 0.6) is 0 Å². The molecule has 0 aliphatic rings. The summed E-state index contributed by atoms with van der Waals surface area (Å²) in [5, 5.41) is 0. The van der Waals surface area contributed by atoms with Crippen molar-refractivity contribution in [1.29, 1.82) is 0 Å². The summed E-state index contributed by atoms with van der Waals surface area (Å²) in [6.45, 7) is 4.90. The van der Waals surface area contributed by atoms with Crippen LogP contribution in [-0.2, 0) is 9.47 Å². The molecular weight excluding hydrogens is 310 g/mol. The first kappa shape index (κ1) is 17.5. The number of carbonyl (C=O) groups excluding carboxylic acids is 3. The molecule has 1 N–H and O–H groups in total. The van der Waals surface area contributed by atoms with Gasteiger partial charge in [0.25, 0.3) is 0 Å². The van der Waals surface area contributed by atoms with Crippen LogP contribution < -0.4 is 0 Å². The number of aromatic amines is 1. The fraction of sp³-hybridized carbons (Fsp3) is 0.278. The number of hydrogen-bond acceptors (Lipinski definition) is 5. The highest BCUT2D eigenvalue weighted by molar-refractivity contribution is 6.03. The highest BCUT2D eigenvalue weighted by Crippen LogP contribution is 2.19. The number of carbonyl (C=O) groups is 3. The molecule has 1 aromatic carbocycles. The minimum Gasteiger partial charge on any atom is -0.462 e. The average Bonchev–Trinajstić information content (AvgIpc) is 2.88. The van der Waals surface area contributed by atoms with E-state index in [2.05, 4.69) is 4.98 Å². The van der Waals surface area contributed by atoms with Crippen molar-refractivity contribution in [2.45, 2.75) is 20.8 Å². The maximum absolute atomic E-state index is 12.3. The second kappa shape index (κ2) is 7.59. The summed E-state index contributed by atoms with van der Waals surface area (Å²) in [5.41, 5.74) is 2.00. The number of esters is 2. The number of H-pyrrole nitrogens is 1. The van der Waals surface area contributed by atoms with E-state index in [1.54, 1.807) is 51.1 Å². The first-order chi connectivity index (χ1) is 11.5. The molecule has 6 nitrogen and oxygen atoms in total. The molecule has 0 spiro atoms. The molecule has 0 aliphatic carbocycles. The van der Waals surface area contributed by atoms with Crippen molar-refractivity contribution in [3.05, 3.63) is 58.4 Å². The lowest BCUT2D eigenvalue weighted by atomic mass is 10.1. The summed E-state index contributed by atoms with van der Waals surface area (Å²) in [6.07, 6.45) is 0. The fourth-order valence-corrected chi connectivity index (χ4v) is 2.40. The number of ether oxygens (including phenoxy) is 2. The Balaban J connectivity index is 2.09. The Labute approximate surface area is 139 Å². The molecule has 24 heavy (non-hydrogen) atoms. The quantitative estimate of drug-likeness (QED) is 0.650. The zero-order chi connectivity index (χ0) is 17.7. The third-order valence-electron chi connectivity index (χ3n) is 3.54. The first-order valence-electron chi connectivity index (χ1n) is 7.57. The van der Waals surface area contributed by atoms with Gasteiger partial charge >= 0.3 is 11.9 Å². The summed E-state index contributed by atoms with van der Waals surface area (Å²) in [5.74, 6) is -1.46. The van der Waals surface area contributed by atoms with Crippen LogP contribution in [0.3, 0.4) is 0 Å². The normalized spacial score (nSPS) is 10.3. The van der Waals surface area contributed by atoms with Crippen molar-refractivity contribution in [2.24, 2.45) is 0 Å². The second-order valence-electron chi connectivity index (χ2n) is 5.21. The van der Waals surface area contributed by atoms with Gasteiger partial charge < -0.3 is 14.5 Å². The Hall–Kier alpha value is -2.89. The van der Waals surface area contributed by atoms with E-state index in [1.165, 1.54) is 0 Å². The van der Waals surface area contributed by atoms with Crippen LogP contribution in [0.25, 0.3) is 0 Å². The standard InChI is InChI=1S/C18H19NO5/c1-4-23-18(22)15-11(2)16(19-12(15)3)14(20)10-24-17(21)13-8-6-5-7-9-13/h5-9,19H,4,10H2,1-3H3. The van der Waals surface area contributed by atoms with Crippen LogP contribution in [0.4, 0.5) is 0 Å². The molecule has 2 rings (SSSR count). The monoisotopic (exact) mass is 329 g/mol. The molecule has 0 unspecified atom stereocenters. The van der Waals surface area contributed by atoms with E-state index < -0.39 is 24.3 Å². The number of ketones is 1. The molecule has 126 valence electrons. The Morgan fingerprint density at radius 1 is 1.00 bits per heavy atom. The van der Waals surface area contributed by atoms with Gasteiger partial charge in [0.2, 0.25) is 5.78 Å². The number of aromatic nitrogens is 1. The fourth-order valence-electron chi connectivity index (χ4n) is 2.40. The highest BCUT2D eigenvalue weighted by atomic mass is 16.5. The maximum atomic E-state index is 12.3. The van der Waals surface area contributed by atoms with Gasteiger partial charge in [-0.15, -0.1) is 0 Å². The summed E-state index contributed by atoms with van der Waals surface area (Å²) >= 11 is 0. The van der Waals surface area contributed by atoms with Gasteiger partial charge in [0.15, 0.2) is 6.61 Å². The zero-order valence-corrected chi connectivity index (χ0v) is 13.8. The van der Waals surface area contributed by atoms with Crippen LogP contribution in [-0.4, -0.2) is 35.9 Å². The Morgan fingerprint density at radius 3 is 2.29 bits per heavy atom. The van der Waals surface area contributed by atoms with Crippen molar-refractivity contribution >= 4 is 17.7 Å². The van der Waals surface area contributed by atoms with Gasteiger partial charge in [-0.25, -0.2) is 9.59 Å². The lowest BCUT2D eigenvalue weighted by Gasteiger charge is -2.05. The van der Waals surface area contributed by atoms with Crippen molar-refractivity contribution in [2.75, 3.05) is 13.2 Å². The molecule has 0 amide bonds. The minimum absolute atomic E-state index is 0.247. The van der Waals surface area contributed by atoms with E-state index in [1.807, 2.05) is 0 Å². The summed E-state index contributed by atoms with van der Waals surface area (Å²) < 4.78 is 10.0. The van der Waals surface area contributed by atoms with E-state index in [0.29, 0.717) is 22.4 Å². The predicted molar refractivity (Wildman–Crippen MR) is 87.3 cm³/mol. The van der Waals surface area contributed by atoms with Gasteiger partial charge in [-0.2, -0.15) is 0 Å². The number of benzene rings is 1. The molecule has 2 aromatic rings. The van der Waals surface area contributed by atoms with Crippen LogP contribution in [0.15, 0.2) is 30.3 Å². The topological polar surface area (TPSA) is 85.5 Å². The van der Waals surface area contributed by atoms with Gasteiger partial charge in [-0.3, -0.25) is 4.79 Å². The molecule has 1 aromatic heterocycles. The maximum Gasteiger partial charge on any atom is 0.340 e. The molecule has 0 bridgehead atoms. The minimum atomic E-state index is -0.574. The van der Waals surface area contributed by atoms with Gasteiger partial charge in [0.1, 0.15) is 0 Å². The number of Topliss-reactive ketones (excluding diaryl/α,β-unsaturated/α-hetero) is 1. The molecule has 0 radical (unpaired) electrons. The number of rotatable bonds is 6. The SMILES string of the molecule is CCOC(=O)c1c(C)[nH]c(C(=O)COC(=O)c2ccccc2)c1C. The van der Waals surface area contributed by atoms with Crippen molar-refractivity contribution in [3.63, 3.8) is 0 Å². The Bertz CT molecular complexity index is 761. The molecule has 0 atom stereocenters. The Kier molecular flexibility index (Phi) is 5.52. The summed E-state index contributed by atoms with van der Waals surface area (Å²) in [4.78, 5) is 39.0. The van der Waals surface area contributed by atoms with E-state index in [-0.39, 0.29) is 12.3 Å². The second-order valence-corrected chi connectivity index (χ2v) is 5.21. The third kappa shape index (κ3) is 3.71. The molecule has 0 aliphatic heterocycles. The summed E-state index contributed by atoms with van der Waals surface area (Å²) in [6, 6.07) is 8.42. The van der Waals surface area contributed by atoms with Crippen LogP contribution >= 0.6 is 0 Å². The molecule has 0 saturated heterocycles.